The van der Waals surface area contributed by atoms with Crippen LogP contribution in [0.1, 0.15) is 0 Å². The topological polar surface area (TPSA) is 52.9 Å². The molecule has 0 saturated heterocycles. The summed E-state index contributed by atoms with van der Waals surface area (Å²) in [5, 5.41) is 8.86. The summed E-state index contributed by atoms with van der Waals surface area (Å²) in [5.41, 5.74) is 0.273. The van der Waals surface area contributed by atoms with Gasteiger partial charge < -0.3 is 10.0 Å². The molecule has 0 fully saturated rings. The molecule has 2 aliphatic heterocycles. The fourth-order valence-electron chi connectivity index (χ4n) is 1.24. The molecule has 4 nitrogen and oxygen atoms in total. The molecule has 0 atom stereocenters. The first-order valence-electron chi connectivity index (χ1n) is 3.88. The van der Waals surface area contributed by atoms with Crippen LogP contribution < -0.4 is 0 Å². The van der Waals surface area contributed by atoms with Crippen LogP contribution in [0.25, 0.3) is 0 Å². The van der Waals surface area contributed by atoms with Gasteiger partial charge in [0.05, 0.1) is 0 Å². The smallest absolute Gasteiger partial charge is 0.339 e. The van der Waals surface area contributed by atoms with Crippen molar-refractivity contribution < 1.29 is 9.90 Å². The maximum atomic E-state index is 10.8. The van der Waals surface area contributed by atoms with E-state index >= 15 is 0 Å². The lowest BCUT2D eigenvalue weighted by Gasteiger charge is -2.27. The molecule has 5 heteroatoms. The third-order valence-electron chi connectivity index (χ3n) is 1.85. The van der Waals surface area contributed by atoms with Gasteiger partial charge in [0, 0.05) is 18.5 Å². The summed E-state index contributed by atoms with van der Waals surface area (Å²) in [4.78, 5) is 12.7. The molecule has 0 unspecified atom stereocenters. The van der Waals surface area contributed by atoms with E-state index in [9.17, 15) is 4.79 Å². The highest BCUT2D eigenvalue weighted by Crippen LogP contribution is 2.20. The summed E-state index contributed by atoms with van der Waals surface area (Å²) in [5.74, 6) is 0.544. The van der Waals surface area contributed by atoms with Gasteiger partial charge in [-0.2, -0.15) is 4.40 Å². The van der Waals surface area contributed by atoms with Crippen molar-refractivity contribution in [3.05, 3.63) is 23.9 Å². The van der Waals surface area contributed by atoms with E-state index in [-0.39, 0.29) is 5.57 Å². The average Bonchev–Trinajstić information content (AvgIpc) is 2.17. The first kappa shape index (κ1) is 8.37. The number of nitrogens with zero attached hydrogens (tertiary/aromatic N) is 2. The van der Waals surface area contributed by atoms with Gasteiger partial charge in [0.1, 0.15) is 5.57 Å². The molecule has 0 bridgehead atoms. The monoisotopic (exact) mass is 196 g/mol. The van der Waals surface area contributed by atoms with E-state index in [2.05, 4.69) is 4.40 Å². The molecule has 0 aliphatic carbocycles. The SMILES string of the molecule is O=C(O)C1=CC=CN2CCSN=C12. The van der Waals surface area contributed by atoms with E-state index in [4.69, 9.17) is 5.11 Å². The van der Waals surface area contributed by atoms with Gasteiger partial charge in [-0.3, -0.25) is 0 Å². The van der Waals surface area contributed by atoms with Crippen LogP contribution in [0.5, 0.6) is 0 Å². The van der Waals surface area contributed by atoms with E-state index in [0.29, 0.717) is 5.84 Å². The van der Waals surface area contributed by atoms with Crippen LogP contribution in [-0.2, 0) is 4.79 Å². The lowest BCUT2D eigenvalue weighted by Crippen LogP contribution is -2.35. The number of amidine groups is 1. The zero-order valence-electron chi connectivity index (χ0n) is 6.80. The Morgan fingerprint density at radius 1 is 1.69 bits per heavy atom. The van der Waals surface area contributed by atoms with Gasteiger partial charge >= 0.3 is 5.97 Å². The van der Waals surface area contributed by atoms with E-state index in [0.717, 1.165) is 12.3 Å². The van der Waals surface area contributed by atoms with Crippen LogP contribution in [0.4, 0.5) is 0 Å². The van der Waals surface area contributed by atoms with E-state index < -0.39 is 5.97 Å². The minimum atomic E-state index is -0.921. The van der Waals surface area contributed by atoms with Gasteiger partial charge in [0.15, 0.2) is 5.84 Å². The number of carbonyl (C=O) groups is 1. The standard InChI is InChI=1S/C8H8N2O2S/c11-8(12)6-2-1-3-10-4-5-13-9-7(6)10/h1-3H,4-5H2,(H,11,12). The predicted octanol–water partition coefficient (Wildman–Crippen LogP) is 0.887. The summed E-state index contributed by atoms with van der Waals surface area (Å²) >= 11 is 1.41. The summed E-state index contributed by atoms with van der Waals surface area (Å²) in [6.07, 6.45) is 5.16. The summed E-state index contributed by atoms with van der Waals surface area (Å²) < 4.78 is 4.11. The Balaban J connectivity index is 2.37. The Kier molecular flexibility index (Phi) is 2.10. The Hall–Kier alpha value is -1.23. The van der Waals surface area contributed by atoms with Gasteiger partial charge in [-0.15, -0.1) is 0 Å². The van der Waals surface area contributed by atoms with Crippen LogP contribution >= 0.6 is 11.9 Å². The van der Waals surface area contributed by atoms with Crippen LogP contribution in [0.2, 0.25) is 0 Å². The Bertz CT molecular complexity index is 333. The molecule has 68 valence electrons. The quantitative estimate of drug-likeness (QED) is 0.633. The van der Waals surface area contributed by atoms with Crippen molar-refractivity contribution in [3.8, 4) is 0 Å². The molecule has 0 aromatic heterocycles. The highest BCUT2D eigenvalue weighted by molar-refractivity contribution is 7.98. The highest BCUT2D eigenvalue weighted by atomic mass is 32.2. The minimum Gasteiger partial charge on any atom is -0.478 e. The predicted molar refractivity (Wildman–Crippen MR) is 51.5 cm³/mol. The molecule has 0 aromatic rings. The van der Waals surface area contributed by atoms with E-state index in [1.807, 2.05) is 11.1 Å². The number of hydrogen-bond donors (Lipinski definition) is 1. The van der Waals surface area contributed by atoms with Gasteiger partial charge in [-0.1, -0.05) is 0 Å². The molecule has 2 heterocycles. The number of carboxylic acids is 1. The van der Waals surface area contributed by atoms with Crippen molar-refractivity contribution in [2.24, 2.45) is 4.40 Å². The maximum absolute atomic E-state index is 10.8. The normalized spacial score (nSPS) is 20.5. The lowest BCUT2D eigenvalue weighted by molar-refractivity contribution is -0.132. The Morgan fingerprint density at radius 2 is 2.54 bits per heavy atom. The fourth-order valence-corrected chi connectivity index (χ4v) is 1.93. The number of aliphatic carboxylic acids is 1. The van der Waals surface area contributed by atoms with Crippen molar-refractivity contribution >= 4 is 23.8 Å². The molecule has 0 aromatic carbocycles. The molecule has 0 saturated carbocycles. The Morgan fingerprint density at radius 3 is 3.31 bits per heavy atom. The number of hydrogen-bond acceptors (Lipinski definition) is 4. The van der Waals surface area contributed by atoms with Crippen molar-refractivity contribution in [1.82, 2.24) is 4.90 Å². The van der Waals surface area contributed by atoms with Crippen LogP contribution in [0.3, 0.4) is 0 Å². The molecule has 2 aliphatic rings. The van der Waals surface area contributed by atoms with Gasteiger partial charge in [0.25, 0.3) is 0 Å². The first-order chi connectivity index (χ1) is 6.29. The Labute approximate surface area is 79.8 Å². The lowest BCUT2D eigenvalue weighted by atomic mass is 10.1. The fraction of sp³-hybridized carbons (Fsp3) is 0.250. The largest absolute Gasteiger partial charge is 0.478 e. The number of rotatable bonds is 1. The van der Waals surface area contributed by atoms with Crippen molar-refractivity contribution in [3.63, 3.8) is 0 Å². The zero-order chi connectivity index (χ0) is 9.26. The maximum Gasteiger partial charge on any atom is 0.339 e. The summed E-state index contributed by atoms with van der Waals surface area (Å²) in [6, 6.07) is 0. The third kappa shape index (κ3) is 1.47. The van der Waals surface area contributed by atoms with E-state index in [1.54, 1.807) is 12.2 Å². The van der Waals surface area contributed by atoms with Gasteiger partial charge in [-0.05, 0) is 24.1 Å². The van der Waals surface area contributed by atoms with Gasteiger partial charge in [0.2, 0.25) is 0 Å². The van der Waals surface area contributed by atoms with Crippen LogP contribution in [0.15, 0.2) is 28.3 Å². The van der Waals surface area contributed by atoms with Gasteiger partial charge in [-0.25, -0.2) is 4.79 Å². The van der Waals surface area contributed by atoms with Crippen molar-refractivity contribution in [2.75, 3.05) is 12.3 Å². The number of allylic oxidation sites excluding steroid dienone is 2. The molecular formula is C8H8N2O2S. The molecule has 0 amide bonds. The first-order valence-corrected chi connectivity index (χ1v) is 4.82. The summed E-state index contributed by atoms with van der Waals surface area (Å²) in [7, 11) is 0. The summed E-state index contributed by atoms with van der Waals surface area (Å²) in [6.45, 7) is 0.824. The highest BCUT2D eigenvalue weighted by Gasteiger charge is 2.24. The van der Waals surface area contributed by atoms with Crippen LogP contribution in [0, 0.1) is 0 Å². The number of carboxylic acid groups (broad SMARTS) is 1. The second-order valence-electron chi connectivity index (χ2n) is 2.67. The van der Waals surface area contributed by atoms with Crippen molar-refractivity contribution in [2.45, 2.75) is 0 Å². The number of fused-ring (bicyclic) bond motifs is 1. The molecular weight excluding hydrogens is 188 g/mol. The zero-order valence-corrected chi connectivity index (χ0v) is 7.62. The second kappa shape index (κ2) is 3.26. The van der Waals surface area contributed by atoms with Crippen molar-refractivity contribution in [1.29, 1.82) is 0 Å². The molecule has 13 heavy (non-hydrogen) atoms. The molecule has 0 spiro atoms. The van der Waals surface area contributed by atoms with E-state index in [1.165, 1.54) is 11.9 Å². The third-order valence-corrected chi connectivity index (χ3v) is 2.51. The second-order valence-corrected chi connectivity index (χ2v) is 3.52. The molecule has 2 rings (SSSR count). The molecule has 1 N–H and O–H groups in total. The average molecular weight is 196 g/mol. The minimum absolute atomic E-state index is 0.273. The molecule has 0 radical (unpaired) electrons. The van der Waals surface area contributed by atoms with Crippen LogP contribution in [-0.4, -0.2) is 34.1 Å².